The molecule has 3 nitrogen and oxygen atoms in total. The summed E-state index contributed by atoms with van der Waals surface area (Å²) in [5.74, 6) is 4.77. The summed E-state index contributed by atoms with van der Waals surface area (Å²) in [6.07, 6.45) is 18.2. The zero-order valence-electron chi connectivity index (χ0n) is 24.6. The van der Waals surface area contributed by atoms with Crippen LogP contribution in [0, 0.1) is 52.3 Å². The Kier molecular flexibility index (Phi) is 8.70. The highest BCUT2D eigenvalue weighted by atomic mass is 35.5. The first kappa shape index (κ1) is 29.6. The highest BCUT2D eigenvalue weighted by Crippen LogP contribution is 2.67. The van der Waals surface area contributed by atoms with Gasteiger partial charge < -0.3 is 4.74 Å². The Balaban J connectivity index is 1.27. The first-order chi connectivity index (χ1) is 18.5. The molecule has 39 heavy (non-hydrogen) atoms. The van der Waals surface area contributed by atoms with E-state index in [1.54, 1.807) is 0 Å². The van der Waals surface area contributed by atoms with Gasteiger partial charge in [0.05, 0.1) is 0 Å². The Morgan fingerprint density at radius 3 is 2.56 bits per heavy atom. The van der Waals surface area contributed by atoms with E-state index in [2.05, 4.69) is 64.1 Å². The van der Waals surface area contributed by atoms with Gasteiger partial charge in [0.25, 0.3) is 0 Å². The number of ether oxygens (including phenoxy) is 1. The number of carbonyl (C=O) groups excluding carboxylic acids is 1. The topological polar surface area (TPSA) is 39.2 Å². The van der Waals surface area contributed by atoms with Crippen molar-refractivity contribution >= 4 is 40.7 Å². The lowest BCUT2D eigenvalue weighted by molar-refractivity contribution is -0.0565. The van der Waals surface area contributed by atoms with Crippen LogP contribution in [-0.4, -0.2) is 16.4 Å². The van der Waals surface area contributed by atoms with Crippen molar-refractivity contribution in [2.45, 2.75) is 105 Å². The number of carbonyl (C=O) groups is 1. The first-order valence-electron chi connectivity index (χ1n) is 15.4. The average Bonchev–Trinajstić information content (AvgIpc) is 3.42. The van der Waals surface area contributed by atoms with E-state index < -0.39 is 5.97 Å². The molecule has 0 spiro atoms. The van der Waals surface area contributed by atoms with Gasteiger partial charge in [0.2, 0.25) is 0 Å². The second-order valence-electron chi connectivity index (χ2n) is 13.9. The molecule has 3 saturated carbocycles. The van der Waals surface area contributed by atoms with E-state index in [1.165, 1.54) is 44.1 Å². The number of hydrogen-bond acceptors (Lipinski definition) is 4. The molecule has 0 aromatic carbocycles. The number of nitrogens with zero attached hydrogens (tertiary/aromatic N) is 1. The third kappa shape index (κ3) is 5.29. The zero-order valence-corrected chi connectivity index (χ0v) is 27.0. The highest BCUT2D eigenvalue weighted by Gasteiger charge is 2.59. The second kappa shape index (κ2) is 11.4. The van der Waals surface area contributed by atoms with E-state index in [1.807, 2.05) is 0 Å². The molecule has 3 fully saturated rings. The highest BCUT2D eigenvalue weighted by molar-refractivity contribution is 7.11. The summed E-state index contributed by atoms with van der Waals surface area (Å²) in [7, 11) is 0. The Hall–Kier alpha value is -0.840. The first-order valence-corrected chi connectivity index (χ1v) is 16.9. The van der Waals surface area contributed by atoms with Gasteiger partial charge in [-0.3, -0.25) is 0 Å². The molecular formula is C33H47Cl2NO2S. The number of allylic oxidation sites excluding steroid dienone is 3. The maximum atomic E-state index is 12.7. The maximum Gasteiger partial charge on any atom is 0.359 e. The second-order valence-corrected chi connectivity index (χ2v) is 15.7. The summed E-state index contributed by atoms with van der Waals surface area (Å²) >= 11 is 13.2. The minimum Gasteiger partial charge on any atom is -0.457 e. The number of fused-ring (bicyclic) bond motifs is 5. The van der Waals surface area contributed by atoms with Gasteiger partial charge in [0.1, 0.15) is 15.5 Å². The third-order valence-corrected chi connectivity index (χ3v) is 13.4. The summed E-state index contributed by atoms with van der Waals surface area (Å²) in [5.41, 5.74) is 2.35. The molecule has 6 heteroatoms. The fourth-order valence-corrected chi connectivity index (χ4v) is 10.5. The lowest BCUT2D eigenvalue weighted by Crippen LogP contribution is -2.51. The van der Waals surface area contributed by atoms with Crippen molar-refractivity contribution < 1.29 is 9.53 Å². The van der Waals surface area contributed by atoms with Gasteiger partial charge in [-0.1, -0.05) is 88.5 Å². The number of hydrogen-bond donors (Lipinski definition) is 0. The molecule has 4 aliphatic carbocycles. The molecule has 1 heterocycles. The lowest BCUT2D eigenvalue weighted by atomic mass is 9.47. The van der Waals surface area contributed by atoms with Crippen LogP contribution in [0.2, 0.25) is 9.36 Å². The van der Waals surface area contributed by atoms with Crippen LogP contribution in [0.1, 0.15) is 110 Å². The standard InChI is InChI=1S/C33H47Cl2NO2S/c1-7-21(19(2)3)9-8-20(4)25-12-13-26-24-11-10-22-18-23(38-31(37)29-28(34)30(35)39-36-29)14-16-32(22,5)27(24)15-17-33(25,26)6/h8-10,19-21,23-27H,7,11-18H2,1-6H3/b9-8+/t20-,21+,23+,24-,25-,26-,27+,32+,33-/m1/s1. The Labute approximate surface area is 250 Å². The van der Waals surface area contributed by atoms with Crippen LogP contribution in [0.5, 0.6) is 0 Å². The summed E-state index contributed by atoms with van der Waals surface area (Å²) in [6, 6.07) is 0. The quantitative estimate of drug-likeness (QED) is 0.234. The Morgan fingerprint density at radius 2 is 1.90 bits per heavy atom. The van der Waals surface area contributed by atoms with Crippen LogP contribution in [0.4, 0.5) is 0 Å². The molecule has 5 rings (SSSR count). The van der Waals surface area contributed by atoms with Crippen molar-refractivity contribution in [1.82, 2.24) is 4.37 Å². The van der Waals surface area contributed by atoms with Crippen molar-refractivity contribution in [2.75, 3.05) is 0 Å². The molecule has 1 aromatic heterocycles. The van der Waals surface area contributed by atoms with E-state index in [0.717, 1.165) is 54.5 Å². The predicted octanol–water partition coefficient (Wildman–Crippen LogP) is 10.4. The predicted molar refractivity (Wildman–Crippen MR) is 163 cm³/mol. The van der Waals surface area contributed by atoms with Crippen molar-refractivity contribution in [3.8, 4) is 0 Å². The van der Waals surface area contributed by atoms with Crippen LogP contribution in [0.15, 0.2) is 23.8 Å². The van der Waals surface area contributed by atoms with Crippen LogP contribution < -0.4 is 0 Å². The van der Waals surface area contributed by atoms with Gasteiger partial charge in [0, 0.05) is 6.42 Å². The average molecular weight is 593 g/mol. The summed E-state index contributed by atoms with van der Waals surface area (Å²) < 4.78 is 10.3. The molecule has 4 aliphatic rings. The molecule has 0 amide bonds. The molecule has 0 saturated heterocycles. The molecule has 0 unspecified atom stereocenters. The number of esters is 1. The molecule has 1 aromatic rings. The van der Waals surface area contributed by atoms with Crippen LogP contribution in [0.25, 0.3) is 0 Å². The van der Waals surface area contributed by atoms with Crippen molar-refractivity contribution in [1.29, 1.82) is 0 Å². The minimum atomic E-state index is -0.446. The van der Waals surface area contributed by atoms with Crippen LogP contribution in [0.3, 0.4) is 0 Å². The minimum absolute atomic E-state index is 0.111. The summed E-state index contributed by atoms with van der Waals surface area (Å²) in [5, 5.41) is 0.210. The summed E-state index contributed by atoms with van der Waals surface area (Å²) in [6.45, 7) is 14.7. The van der Waals surface area contributed by atoms with Gasteiger partial charge in [0.15, 0.2) is 5.69 Å². The molecule has 216 valence electrons. The lowest BCUT2D eigenvalue weighted by Gasteiger charge is -2.58. The Morgan fingerprint density at radius 1 is 1.13 bits per heavy atom. The fraction of sp³-hybridized carbons (Fsp3) is 0.758. The summed E-state index contributed by atoms with van der Waals surface area (Å²) in [4.78, 5) is 12.7. The largest absolute Gasteiger partial charge is 0.457 e. The van der Waals surface area contributed by atoms with Gasteiger partial charge in [-0.15, -0.1) is 0 Å². The van der Waals surface area contributed by atoms with Crippen molar-refractivity contribution in [2.24, 2.45) is 52.3 Å². The van der Waals surface area contributed by atoms with Crippen molar-refractivity contribution in [3.05, 3.63) is 38.9 Å². The molecule has 0 N–H and O–H groups in total. The van der Waals surface area contributed by atoms with Gasteiger partial charge in [-0.05, 0) is 115 Å². The molecule has 9 atom stereocenters. The zero-order chi connectivity index (χ0) is 28.1. The maximum absolute atomic E-state index is 12.7. The van der Waals surface area contributed by atoms with Crippen LogP contribution in [-0.2, 0) is 4.74 Å². The molecule has 0 bridgehead atoms. The van der Waals surface area contributed by atoms with Gasteiger partial charge in [-0.25, -0.2) is 4.79 Å². The molecule has 0 aliphatic heterocycles. The Bertz CT molecular complexity index is 1130. The number of aromatic nitrogens is 1. The smallest absolute Gasteiger partial charge is 0.359 e. The number of halogens is 2. The van der Waals surface area contributed by atoms with E-state index >= 15 is 0 Å². The van der Waals surface area contributed by atoms with Gasteiger partial charge in [-0.2, -0.15) is 4.37 Å². The molecular weight excluding hydrogens is 545 g/mol. The van der Waals surface area contributed by atoms with E-state index in [9.17, 15) is 4.79 Å². The van der Waals surface area contributed by atoms with E-state index in [-0.39, 0.29) is 22.2 Å². The normalized spacial score (nSPS) is 37.7. The molecule has 0 radical (unpaired) electrons. The van der Waals surface area contributed by atoms with E-state index in [4.69, 9.17) is 27.9 Å². The van der Waals surface area contributed by atoms with Gasteiger partial charge >= 0.3 is 5.97 Å². The van der Waals surface area contributed by atoms with E-state index in [0.29, 0.717) is 27.5 Å². The third-order valence-electron chi connectivity index (χ3n) is 11.8. The number of rotatable bonds is 7. The monoisotopic (exact) mass is 591 g/mol. The van der Waals surface area contributed by atoms with Crippen LogP contribution >= 0.6 is 34.7 Å². The fourth-order valence-electron chi connectivity index (χ4n) is 9.51. The SMILES string of the molecule is CC[C@@H](/C=C/[C@@H](C)[C@H]1CC[C@@H]2[C@H]3CC=C4C[C@@H](OC(=O)c5nsc(Cl)c5Cl)CC[C@]4(C)[C@H]3CC[C@@]21C)C(C)C. The van der Waals surface area contributed by atoms with Crippen molar-refractivity contribution in [3.63, 3.8) is 0 Å².